The maximum atomic E-state index is 12.9. The first kappa shape index (κ1) is 20.8. The summed E-state index contributed by atoms with van der Waals surface area (Å²) in [5.74, 6) is -0.108. The third kappa shape index (κ3) is 4.91. The van der Waals surface area contributed by atoms with Crippen molar-refractivity contribution in [3.05, 3.63) is 58.6 Å². The number of aryl methyl sites for hydroxylation is 2. The van der Waals surface area contributed by atoms with Crippen LogP contribution in [0.15, 0.2) is 47.4 Å². The van der Waals surface area contributed by atoms with Crippen molar-refractivity contribution in [2.24, 2.45) is 0 Å². The third-order valence-corrected chi connectivity index (χ3v) is 7.19. The van der Waals surface area contributed by atoms with Crippen LogP contribution in [0.25, 0.3) is 0 Å². The summed E-state index contributed by atoms with van der Waals surface area (Å²) >= 11 is 5.93. The van der Waals surface area contributed by atoms with Crippen LogP contribution in [0, 0.1) is 13.8 Å². The number of carbonyl (C=O) groups is 1. The van der Waals surface area contributed by atoms with E-state index in [-0.39, 0.29) is 5.91 Å². The number of quaternary nitrogens is 1. The van der Waals surface area contributed by atoms with E-state index in [0.717, 1.165) is 16.0 Å². The van der Waals surface area contributed by atoms with Gasteiger partial charge in [-0.3, -0.25) is 4.79 Å². The Hall–Kier alpha value is -1.93. The molecule has 0 aromatic heterocycles. The van der Waals surface area contributed by atoms with E-state index in [9.17, 15) is 13.2 Å². The summed E-state index contributed by atoms with van der Waals surface area (Å²) in [6, 6.07) is 12.4. The molecule has 8 heteroatoms. The van der Waals surface area contributed by atoms with E-state index in [4.69, 9.17) is 11.6 Å². The second-order valence-corrected chi connectivity index (χ2v) is 9.50. The van der Waals surface area contributed by atoms with Crippen molar-refractivity contribution in [1.29, 1.82) is 0 Å². The summed E-state index contributed by atoms with van der Waals surface area (Å²) in [6.45, 7) is 6.04. The van der Waals surface area contributed by atoms with E-state index in [1.807, 2.05) is 26.0 Å². The van der Waals surface area contributed by atoms with Crippen molar-refractivity contribution in [3.63, 3.8) is 0 Å². The zero-order valence-corrected chi connectivity index (χ0v) is 17.6. The molecule has 0 saturated carbocycles. The van der Waals surface area contributed by atoms with Crippen molar-refractivity contribution in [2.75, 3.05) is 38.0 Å². The number of nitrogens with zero attached hydrogens (tertiary/aromatic N) is 1. The molecule has 0 radical (unpaired) electrons. The highest BCUT2D eigenvalue weighted by Crippen LogP contribution is 2.21. The minimum atomic E-state index is -3.51. The summed E-state index contributed by atoms with van der Waals surface area (Å²) in [5, 5.41) is 3.40. The number of rotatable bonds is 5. The van der Waals surface area contributed by atoms with E-state index >= 15 is 0 Å². The molecule has 2 N–H and O–H groups in total. The van der Waals surface area contributed by atoms with E-state index in [0.29, 0.717) is 48.3 Å². The molecule has 0 bridgehead atoms. The molecule has 1 fully saturated rings. The molecule has 3 rings (SSSR count). The lowest BCUT2D eigenvalue weighted by Gasteiger charge is -2.31. The monoisotopic (exact) mass is 422 g/mol. The highest BCUT2D eigenvalue weighted by molar-refractivity contribution is 7.89. The Bertz CT molecular complexity index is 970. The minimum Gasteiger partial charge on any atom is -0.325 e. The molecule has 0 atom stereocenters. The van der Waals surface area contributed by atoms with E-state index < -0.39 is 10.0 Å². The number of benzene rings is 2. The van der Waals surface area contributed by atoms with Gasteiger partial charge in [-0.2, -0.15) is 4.31 Å². The van der Waals surface area contributed by atoms with Gasteiger partial charge in [0.25, 0.3) is 5.91 Å². The second-order valence-electron chi connectivity index (χ2n) is 7.16. The summed E-state index contributed by atoms with van der Waals surface area (Å²) in [6.07, 6.45) is 0. The van der Waals surface area contributed by atoms with Crippen molar-refractivity contribution in [3.8, 4) is 0 Å². The highest BCUT2D eigenvalue weighted by Gasteiger charge is 2.32. The van der Waals surface area contributed by atoms with Crippen LogP contribution in [-0.4, -0.2) is 51.4 Å². The summed E-state index contributed by atoms with van der Waals surface area (Å²) in [5.41, 5.74) is 2.46. The number of hydrogen-bond donors (Lipinski definition) is 2. The standard InChI is InChI=1S/C20H24ClN3O3S/c1-15-6-7-19(16(2)12-15)28(26,27)24-10-8-23(9-11-24)14-20(25)22-18-5-3-4-17(21)13-18/h3-7,12-13H,8-11,14H2,1-2H3,(H,22,25)/p+1. The van der Waals surface area contributed by atoms with Gasteiger partial charge in [-0.25, -0.2) is 8.42 Å². The first-order chi connectivity index (χ1) is 13.3. The molecule has 1 saturated heterocycles. The lowest BCUT2D eigenvalue weighted by molar-refractivity contribution is -0.895. The fourth-order valence-corrected chi connectivity index (χ4v) is 5.28. The number of hydrogen-bond acceptors (Lipinski definition) is 3. The molecule has 28 heavy (non-hydrogen) atoms. The molecular formula is C20H25ClN3O3S+. The minimum absolute atomic E-state index is 0.108. The molecule has 1 amide bonds. The van der Waals surface area contributed by atoms with Gasteiger partial charge in [0.1, 0.15) is 0 Å². The van der Waals surface area contributed by atoms with E-state index in [1.54, 1.807) is 30.3 Å². The second kappa shape index (κ2) is 8.61. The largest absolute Gasteiger partial charge is 0.325 e. The first-order valence-electron chi connectivity index (χ1n) is 9.22. The summed E-state index contributed by atoms with van der Waals surface area (Å²) in [4.78, 5) is 13.7. The van der Waals surface area contributed by atoms with Crippen LogP contribution in [0.1, 0.15) is 11.1 Å². The number of carbonyl (C=O) groups excluding carboxylic acids is 1. The molecule has 0 aliphatic carbocycles. The van der Waals surface area contributed by atoms with Crippen LogP contribution < -0.4 is 10.2 Å². The van der Waals surface area contributed by atoms with Crippen LogP contribution in [0.4, 0.5) is 5.69 Å². The van der Waals surface area contributed by atoms with E-state index in [2.05, 4.69) is 5.32 Å². The molecule has 6 nitrogen and oxygen atoms in total. The summed E-state index contributed by atoms with van der Waals surface area (Å²) in [7, 11) is -3.51. The Balaban J connectivity index is 1.57. The highest BCUT2D eigenvalue weighted by atomic mass is 35.5. The molecule has 1 aliphatic heterocycles. The zero-order valence-electron chi connectivity index (χ0n) is 16.0. The van der Waals surface area contributed by atoms with Crippen molar-refractivity contribution in [2.45, 2.75) is 18.7 Å². The van der Waals surface area contributed by atoms with Crippen LogP contribution in [0.2, 0.25) is 5.02 Å². The lowest BCUT2D eigenvalue weighted by Crippen LogP contribution is -3.15. The fraction of sp³-hybridized carbons (Fsp3) is 0.350. The van der Waals surface area contributed by atoms with Gasteiger partial charge in [-0.15, -0.1) is 0 Å². The first-order valence-corrected chi connectivity index (χ1v) is 11.0. The maximum absolute atomic E-state index is 12.9. The van der Waals surface area contributed by atoms with Crippen LogP contribution >= 0.6 is 11.6 Å². The Labute approximate surface area is 171 Å². The molecule has 0 unspecified atom stereocenters. The van der Waals surface area contributed by atoms with Crippen LogP contribution in [-0.2, 0) is 14.8 Å². The maximum Gasteiger partial charge on any atom is 0.279 e. The molecule has 1 aliphatic rings. The Morgan fingerprint density at radius 1 is 1.14 bits per heavy atom. The predicted molar refractivity (Wildman–Crippen MR) is 110 cm³/mol. The average Bonchev–Trinajstić information content (AvgIpc) is 2.61. The molecule has 0 spiro atoms. The van der Waals surface area contributed by atoms with Gasteiger partial charge in [0.05, 0.1) is 31.1 Å². The Kier molecular flexibility index (Phi) is 6.40. The lowest BCUT2D eigenvalue weighted by atomic mass is 10.2. The van der Waals surface area contributed by atoms with Gasteiger partial charge < -0.3 is 10.2 Å². The van der Waals surface area contributed by atoms with Gasteiger partial charge in [0, 0.05) is 10.7 Å². The fourth-order valence-electron chi connectivity index (χ4n) is 3.45. The summed E-state index contributed by atoms with van der Waals surface area (Å²) < 4.78 is 27.4. The SMILES string of the molecule is Cc1ccc(S(=O)(=O)N2CC[NH+](CC(=O)Nc3cccc(Cl)c3)CC2)c(C)c1. The molecule has 1 heterocycles. The van der Waals surface area contributed by atoms with E-state index in [1.165, 1.54) is 4.31 Å². The number of nitrogens with one attached hydrogen (secondary N) is 2. The normalized spacial score (nSPS) is 16.1. The number of piperazine rings is 1. The average molecular weight is 423 g/mol. The van der Waals surface area contributed by atoms with Crippen LogP contribution in [0.5, 0.6) is 0 Å². The van der Waals surface area contributed by atoms with Gasteiger partial charge in [0.2, 0.25) is 10.0 Å². The zero-order chi connectivity index (χ0) is 20.3. The van der Waals surface area contributed by atoms with Gasteiger partial charge >= 0.3 is 0 Å². The Morgan fingerprint density at radius 3 is 2.50 bits per heavy atom. The van der Waals surface area contributed by atoms with Crippen molar-refractivity contribution in [1.82, 2.24) is 4.31 Å². The number of halogens is 1. The number of sulfonamides is 1. The van der Waals surface area contributed by atoms with Gasteiger partial charge in [-0.05, 0) is 43.7 Å². The molecule has 2 aromatic rings. The third-order valence-electron chi connectivity index (χ3n) is 4.90. The quantitative estimate of drug-likeness (QED) is 0.766. The molecule has 2 aromatic carbocycles. The predicted octanol–water partition coefficient (Wildman–Crippen LogP) is 1.48. The molecular weight excluding hydrogens is 398 g/mol. The topological polar surface area (TPSA) is 70.9 Å². The van der Waals surface area contributed by atoms with Crippen LogP contribution in [0.3, 0.4) is 0 Å². The van der Waals surface area contributed by atoms with Crippen molar-refractivity contribution < 1.29 is 18.1 Å². The smallest absolute Gasteiger partial charge is 0.279 e. The van der Waals surface area contributed by atoms with Gasteiger partial charge in [-0.1, -0.05) is 35.4 Å². The number of anilines is 1. The molecule has 150 valence electrons. The van der Waals surface area contributed by atoms with Gasteiger partial charge in [0.15, 0.2) is 6.54 Å². The van der Waals surface area contributed by atoms with Crippen molar-refractivity contribution >= 4 is 33.2 Å². The Morgan fingerprint density at radius 2 is 1.86 bits per heavy atom. The number of amides is 1.